The minimum Gasteiger partial charge on any atom is -0.389 e. The van der Waals surface area contributed by atoms with Gasteiger partial charge >= 0.3 is 0 Å². The second kappa shape index (κ2) is 5.27. The van der Waals surface area contributed by atoms with Crippen LogP contribution in [0.3, 0.4) is 0 Å². The van der Waals surface area contributed by atoms with Gasteiger partial charge in [0.15, 0.2) is 0 Å². The molecule has 0 spiro atoms. The maximum Gasteiger partial charge on any atom is 0.0771 e. The molecule has 2 nitrogen and oxygen atoms in total. The van der Waals surface area contributed by atoms with E-state index in [0.29, 0.717) is 11.5 Å². The zero-order chi connectivity index (χ0) is 12.4. The van der Waals surface area contributed by atoms with E-state index < -0.39 is 0 Å². The molecular weight excluding hydrogens is 210 g/mol. The van der Waals surface area contributed by atoms with Crippen LogP contribution in [-0.2, 0) is 0 Å². The second-order valence-corrected chi connectivity index (χ2v) is 7.10. The minimum atomic E-state index is -0.387. The van der Waals surface area contributed by atoms with Crippen LogP contribution in [0.1, 0.15) is 71.6 Å². The van der Waals surface area contributed by atoms with Crippen molar-refractivity contribution in [2.75, 3.05) is 6.54 Å². The monoisotopic (exact) mass is 239 g/mol. The molecule has 0 amide bonds. The van der Waals surface area contributed by atoms with Crippen molar-refractivity contribution in [1.82, 2.24) is 5.32 Å². The van der Waals surface area contributed by atoms with Gasteiger partial charge in [0, 0.05) is 12.6 Å². The van der Waals surface area contributed by atoms with Gasteiger partial charge in [0.2, 0.25) is 0 Å². The molecule has 0 aromatic rings. The SMILES string of the molecule is CC1(C)CCCC(NCC2(O)CCCC2)CC1. The molecule has 100 valence electrons. The zero-order valence-corrected chi connectivity index (χ0v) is 11.6. The fourth-order valence-electron chi connectivity index (χ4n) is 3.41. The Morgan fingerprint density at radius 1 is 1.00 bits per heavy atom. The molecule has 17 heavy (non-hydrogen) atoms. The van der Waals surface area contributed by atoms with Crippen LogP contribution >= 0.6 is 0 Å². The fraction of sp³-hybridized carbons (Fsp3) is 1.00. The summed E-state index contributed by atoms with van der Waals surface area (Å²) in [4.78, 5) is 0. The molecule has 2 heteroatoms. The Morgan fingerprint density at radius 3 is 2.41 bits per heavy atom. The lowest BCUT2D eigenvalue weighted by Gasteiger charge is -2.26. The fourth-order valence-corrected chi connectivity index (χ4v) is 3.41. The molecule has 0 aliphatic heterocycles. The van der Waals surface area contributed by atoms with E-state index in [1.54, 1.807) is 0 Å². The van der Waals surface area contributed by atoms with Crippen LogP contribution < -0.4 is 5.32 Å². The number of aliphatic hydroxyl groups is 1. The van der Waals surface area contributed by atoms with E-state index in [9.17, 15) is 5.11 Å². The Labute approximate surface area is 106 Å². The molecule has 1 unspecified atom stereocenters. The Balaban J connectivity index is 1.75. The van der Waals surface area contributed by atoms with Crippen LogP contribution in [0.2, 0.25) is 0 Å². The molecule has 1 atom stereocenters. The van der Waals surface area contributed by atoms with Gasteiger partial charge in [-0.2, -0.15) is 0 Å². The average Bonchev–Trinajstić information content (AvgIpc) is 2.61. The van der Waals surface area contributed by atoms with Gasteiger partial charge in [-0.3, -0.25) is 0 Å². The van der Waals surface area contributed by atoms with Gasteiger partial charge in [-0.05, 0) is 43.9 Å². The summed E-state index contributed by atoms with van der Waals surface area (Å²) >= 11 is 0. The first-order chi connectivity index (χ1) is 7.99. The Kier molecular flexibility index (Phi) is 4.14. The molecule has 0 aromatic carbocycles. The first kappa shape index (κ1) is 13.4. The molecule has 0 saturated heterocycles. The van der Waals surface area contributed by atoms with E-state index in [1.165, 1.54) is 44.9 Å². The number of rotatable bonds is 3. The molecule has 0 heterocycles. The van der Waals surface area contributed by atoms with Crippen molar-refractivity contribution in [3.8, 4) is 0 Å². The van der Waals surface area contributed by atoms with E-state index >= 15 is 0 Å². The Hall–Kier alpha value is -0.0800. The molecule has 0 radical (unpaired) electrons. The van der Waals surface area contributed by atoms with Crippen LogP contribution in [0.5, 0.6) is 0 Å². The smallest absolute Gasteiger partial charge is 0.0771 e. The average molecular weight is 239 g/mol. The van der Waals surface area contributed by atoms with Gasteiger partial charge < -0.3 is 10.4 Å². The molecule has 2 rings (SSSR count). The highest BCUT2D eigenvalue weighted by Gasteiger charge is 2.32. The van der Waals surface area contributed by atoms with Crippen LogP contribution in [0, 0.1) is 5.41 Å². The molecule has 0 aromatic heterocycles. The van der Waals surface area contributed by atoms with E-state index in [0.717, 1.165) is 19.4 Å². The van der Waals surface area contributed by atoms with Crippen LogP contribution in [0.4, 0.5) is 0 Å². The molecule has 2 N–H and O–H groups in total. The maximum absolute atomic E-state index is 10.3. The number of hydrogen-bond donors (Lipinski definition) is 2. The van der Waals surface area contributed by atoms with Crippen LogP contribution in [0.25, 0.3) is 0 Å². The lowest BCUT2D eigenvalue weighted by molar-refractivity contribution is 0.0442. The Bertz CT molecular complexity index is 243. The van der Waals surface area contributed by atoms with E-state index in [4.69, 9.17) is 0 Å². The van der Waals surface area contributed by atoms with Gasteiger partial charge in [-0.1, -0.05) is 33.1 Å². The van der Waals surface area contributed by atoms with Gasteiger partial charge in [0.1, 0.15) is 0 Å². The molecule has 0 bridgehead atoms. The number of nitrogens with one attached hydrogen (secondary N) is 1. The molecule has 2 saturated carbocycles. The third-order valence-corrected chi connectivity index (χ3v) is 4.83. The highest BCUT2D eigenvalue weighted by molar-refractivity contribution is 4.88. The molecular formula is C15H29NO. The van der Waals surface area contributed by atoms with Crippen LogP contribution in [-0.4, -0.2) is 23.3 Å². The van der Waals surface area contributed by atoms with Crippen molar-refractivity contribution < 1.29 is 5.11 Å². The summed E-state index contributed by atoms with van der Waals surface area (Å²) in [6, 6.07) is 0.640. The first-order valence-corrected chi connectivity index (χ1v) is 7.45. The van der Waals surface area contributed by atoms with Gasteiger partial charge in [-0.25, -0.2) is 0 Å². The van der Waals surface area contributed by atoms with Crippen LogP contribution in [0.15, 0.2) is 0 Å². The van der Waals surface area contributed by atoms with Crippen molar-refractivity contribution in [3.63, 3.8) is 0 Å². The van der Waals surface area contributed by atoms with E-state index in [2.05, 4.69) is 19.2 Å². The largest absolute Gasteiger partial charge is 0.389 e. The predicted molar refractivity (Wildman–Crippen MR) is 72.1 cm³/mol. The zero-order valence-electron chi connectivity index (χ0n) is 11.6. The first-order valence-electron chi connectivity index (χ1n) is 7.45. The lowest BCUT2D eigenvalue weighted by atomic mass is 9.85. The predicted octanol–water partition coefficient (Wildman–Crippen LogP) is 3.24. The lowest BCUT2D eigenvalue weighted by Crippen LogP contribution is -2.42. The summed E-state index contributed by atoms with van der Waals surface area (Å²) in [6.45, 7) is 5.60. The molecule has 2 fully saturated rings. The van der Waals surface area contributed by atoms with Gasteiger partial charge in [-0.15, -0.1) is 0 Å². The van der Waals surface area contributed by atoms with Gasteiger partial charge in [0.05, 0.1) is 5.60 Å². The van der Waals surface area contributed by atoms with Gasteiger partial charge in [0.25, 0.3) is 0 Å². The summed E-state index contributed by atoms with van der Waals surface area (Å²) in [5.41, 5.74) is 0.141. The van der Waals surface area contributed by atoms with Crippen molar-refractivity contribution in [3.05, 3.63) is 0 Å². The molecule has 2 aliphatic rings. The Morgan fingerprint density at radius 2 is 1.71 bits per heavy atom. The summed E-state index contributed by atoms with van der Waals surface area (Å²) in [5.74, 6) is 0. The minimum absolute atomic E-state index is 0.387. The summed E-state index contributed by atoms with van der Waals surface area (Å²) < 4.78 is 0. The van der Waals surface area contributed by atoms with Crippen molar-refractivity contribution in [1.29, 1.82) is 0 Å². The summed E-state index contributed by atoms with van der Waals surface area (Å²) in [7, 11) is 0. The quantitative estimate of drug-likeness (QED) is 0.741. The third-order valence-electron chi connectivity index (χ3n) is 4.83. The second-order valence-electron chi connectivity index (χ2n) is 7.10. The highest BCUT2D eigenvalue weighted by Crippen LogP contribution is 2.34. The maximum atomic E-state index is 10.3. The van der Waals surface area contributed by atoms with E-state index in [1.807, 2.05) is 0 Å². The topological polar surface area (TPSA) is 32.3 Å². The standard InChI is InChI=1S/C15H29NO/c1-14(2)8-5-6-13(7-11-14)16-12-15(17)9-3-4-10-15/h13,16-17H,3-12H2,1-2H3. The highest BCUT2D eigenvalue weighted by atomic mass is 16.3. The third kappa shape index (κ3) is 3.96. The molecule has 2 aliphatic carbocycles. The van der Waals surface area contributed by atoms with E-state index in [-0.39, 0.29) is 5.60 Å². The normalized spacial score (nSPS) is 32.3. The van der Waals surface area contributed by atoms with Crippen molar-refractivity contribution in [2.45, 2.75) is 83.3 Å². The van der Waals surface area contributed by atoms with Crippen molar-refractivity contribution >= 4 is 0 Å². The summed E-state index contributed by atoms with van der Waals surface area (Å²) in [5, 5.41) is 14.0. The number of hydrogen-bond acceptors (Lipinski definition) is 2. The van der Waals surface area contributed by atoms with Crippen molar-refractivity contribution in [2.24, 2.45) is 5.41 Å². The summed E-state index contributed by atoms with van der Waals surface area (Å²) in [6.07, 6.45) is 11.0.